The van der Waals surface area contributed by atoms with Gasteiger partial charge in [-0.05, 0) is 31.2 Å². The Morgan fingerprint density at radius 3 is 3.05 bits per heavy atom. The van der Waals surface area contributed by atoms with E-state index in [1.54, 1.807) is 6.26 Å². The summed E-state index contributed by atoms with van der Waals surface area (Å²) in [7, 11) is 0. The number of hydrogen-bond donors (Lipinski definition) is 1. The molecule has 1 amide bonds. The van der Waals surface area contributed by atoms with Gasteiger partial charge in [-0.25, -0.2) is 0 Å². The Balaban J connectivity index is 1.78. The first-order chi connectivity index (χ1) is 9.65. The fraction of sp³-hybridized carbons (Fsp3) is 0.467. The highest BCUT2D eigenvalue weighted by molar-refractivity contribution is 6.02. The maximum atomic E-state index is 12.3. The number of anilines is 1. The van der Waals surface area contributed by atoms with E-state index in [1.165, 1.54) is 12.1 Å². The number of rotatable bonds is 3. The SMILES string of the molecule is CC(C)c1ccoc1C(=O)Nc1cc2n(n1)CCCC2. The molecule has 106 valence electrons. The third-order valence-electron chi connectivity index (χ3n) is 3.68. The lowest BCUT2D eigenvalue weighted by Crippen LogP contribution is -2.14. The fourth-order valence-corrected chi connectivity index (χ4v) is 2.61. The summed E-state index contributed by atoms with van der Waals surface area (Å²) in [5.74, 6) is 1.02. The largest absolute Gasteiger partial charge is 0.459 e. The van der Waals surface area contributed by atoms with Gasteiger partial charge < -0.3 is 9.73 Å². The van der Waals surface area contributed by atoms with E-state index in [-0.39, 0.29) is 11.8 Å². The van der Waals surface area contributed by atoms with Crippen LogP contribution in [0.2, 0.25) is 0 Å². The lowest BCUT2D eigenvalue weighted by atomic mass is 10.0. The number of carbonyl (C=O) groups is 1. The van der Waals surface area contributed by atoms with Crippen LogP contribution in [0.4, 0.5) is 5.82 Å². The van der Waals surface area contributed by atoms with Crippen LogP contribution in [0.1, 0.15) is 54.4 Å². The Morgan fingerprint density at radius 2 is 2.30 bits per heavy atom. The van der Waals surface area contributed by atoms with Gasteiger partial charge in [0.05, 0.1) is 6.26 Å². The van der Waals surface area contributed by atoms with E-state index in [1.807, 2.05) is 30.7 Å². The van der Waals surface area contributed by atoms with Gasteiger partial charge >= 0.3 is 0 Å². The van der Waals surface area contributed by atoms with E-state index in [4.69, 9.17) is 4.42 Å². The summed E-state index contributed by atoms with van der Waals surface area (Å²) in [4.78, 5) is 12.3. The minimum atomic E-state index is -0.228. The topological polar surface area (TPSA) is 60.1 Å². The van der Waals surface area contributed by atoms with Crippen LogP contribution < -0.4 is 5.32 Å². The Kier molecular flexibility index (Phi) is 3.34. The standard InChI is InChI=1S/C15H19N3O2/c1-10(2)12-6-8-20-14(12)15(19)16-13-9-11-5-3-4-7-18(11)17-13/h6,8-10H,3-5,7H2,1-2H3,(H,16,17,19). The minimum absolute atomic E-state index is 0.228. The number of amides is 1. The summed E-state index contributed by atoms with van der Waals surface area (Å²) >= 11 is 0. The van der Waals surface area contributed by atoms with Gasteiger partial charge in [0.1, 0.15) is 0 Å². The molecule has 1 aliphatic rings. The molecule has 0 saturated carbocycles. The van der Waals surface area contributed by atoms with E-state index >= 15 is 0 Å². The molecule has 5 nitrogen and oxygen atoms in total. The predicted octanol–water partition coefficient (Wildman–Crippen LogP) is 3.19. The molecule has 0 aliphatic carbocycles. The highest BCUT2D eigenvalue weighted by atomic mass is 16.3. The molecule has 0 aromatic carbocycles. The average molecular weight is 273 g/mol. The molecule has 0 saturated heterocycles. The van der Waals surface area contributed by atoms with Crippen molar-refractivity contribution in [1.82, 2.24) is 9.78 Å². The second kappa shape index (κ2) is 5.15. The van der Waals surface area contributed by atoms with Gasteiger partial charge in [-0.2, -0.15) is 5.10 Å². The molecule has 0 spiro atoms. The second-order valence-electron chi connectivity index (χ2n) is 5.52. The zero-order valence-electron chi connectivity index (χ0n) is 11.8. The molecular weight excluding hydrogens is 254 g/mol. The monoisotopic (exact) mass is 273 g/mol. The minimum Gasteiger partial charge on any atom is -0.459 e. The normalized spacial score (nSPS) is 14.3. The van der Waals surface area contributed by atoms with Crippen LogP contribution in [0.25, 0.3) is 0 Å². The highest BCUT2D eigenvalue weighted by Gasteiger charge is 2.19. The third-order valence-corrected chi connectivity index (χ3v) is 3.68. The summed E-state index contributed by atoms with van der Waals surface area (Å²) in [5.41, 5.74) is 2.11. The molecule has 1 aliphatic heterocycles. The summed E-state index contributed by atoms with van der Waals surface area (Å²) in [6, 6.07) is 3.80. The van der Waals surface area contributed by atoms with Crippen LogP contribution in [-0.4, -0.2) is 15.7 Å². The smallest absolute Gasteiger partial charge is 0.292 e. The summed E-state index contributed by atoms with van der Waals surface area (Å²) in [6.07, 6.45) is 4.93. The molecule has 3 rings (SSSR count). The van der Waals surface area contributed by atoms with Crippen LogP contribution in [0.3, 0.4) is 0 Å². The number of aryl methyl sites for hydroxylation is 2. The zero-order chi connectivity index (χ0) is 14.1. The molecule has 0 fully saturated rings. The van der Waals surface area contributed by atoms with Gasteiger partial charge in [-0.1, -0.05) is 13.8 Å². The van der Waals surface area contributed by atoms with Crippen LogP contribution in [-0.2, 0) is 13.0 Å². The molecule has 20 heavy (non-hydrogen) atoms. The van der Waals surface area contributed by atoms with Crippen molar-refractivity contribution in [2.24, 2.45) is 0 Å². The van der Waals surface area contributed by atoms with Gasteiger partial charge in [0, 0.05) is 23.9 Å². The summed E-state index contributed by atoms with van der Waals surface area (Å²) in [5, 5.41) is 7.25. The number of furan rings is 1. The van der Waals surface area contributed by atoms with Crippen molar-refractivity contribution in [3.63, 3.8) is 0 Å². The Hall–Kier alpha value is -2.04. The van der Waals surface area contributed by atoms with Crippen LogP contribution in [0, 0.1) is 0 Å². The number of aromatic nitrogens is 2. The lowest BCUT2D eigenvalue weighted by molar-refractivity contribution is 0.0994. The van der Waals surface area contributed by atoms with Crippen molar-refractivity contribution in [1.29, 1.82) is 0 Å². The van der Waals surface area contributed by atoms with Crippen molar-refractivity contribution in [2.45, 2.75) is 45.6 Å². The number of carbonyl (C=O) groups excluding carboxylic acids is 1. The first-order valence-electron chi connectivity index (χ1n) is 7.10. The predicted molar refractivity (Wildman–Crippen MR) is 75.9 cm³/mol. The summed E-state index contributed by atoms with van der Waals surface area (Å²) < 4.78 is 7.29. The van der Waals surface area contributed by atoms with Crippen molar-refractivity contribution >= 4 is 11.7 Å². The van der Waals surface area contributed by atoms with E-state index in [0.29, 0.717) is 11.6 Å². The van der Waals surface area contributed by atoms with Gasteiger partial charge in [0.25, 0.3) is 5.91 Å². The van der Waals surface area contributed by atoms with Crippen LogP contribution in [0.5, 0.6) is 0 Å². The molecule has 2 aromatic heterocycles. The van der Waals surface area contributed by atoms with Crippen molar-refractivity contribution < 1.29 is 9.21 Å². The van der Waals surface area contributed by atoms with E-state index in [0.717, 1.165) is 24.9 Å². The highest BCUT2D eigenvalue weighted by Crippen LogP contribution is 2.22. The van der Waals surface area contributed by atoms with Gasteiger partial charge in [-0.15, -0.1) is 0 Å². The number of nitrogens with one attached hydrogen (secondary N) is 1. The first kappa shape index (κ1) is 13.0. The van der Waals surface area contributed by atoms with E-state index in [2.05, 4.69) is 10.4 Å². The lowest BCUT2D eigenvalue weighted by Gasteiger charge is -2.11. The van der Waals surface area contributed by atoms with E-state index < -0.39 is 0 Å². The Bertz CT molecular complexity index is 601. The summed E-state index contributed by atoms with van der Waals surface area (Å²) in [6.45, 7) is 5.01. The maximum Gasteiger partial charge on any atom is 0.292 e. The van der Waals surface area contributed by atoms with Crippen molar-refractivity contribution in [3.05, 3.63) is 35.4 Å². The van der Waals surface area contributed by atoms with Crippen LogP contribution in [0.15, 0.2) is 22.8 Å². The second-order valence-corrected chi connectivity index (χ2v) is 5.52. The van der Waals surface area contributed by atoms with Gasteiger partial charge in [0.2, 0.25) is 0 Å². The van der Waals surface area contributed by atoms with Crippen molar-refractivity contribution in [2.75, 3.05) is 5.32 Å². The number of hydrogen-bond acceptors (Lipinski definition) is 3. The van der Waals surface area contributed by atoms with Gasteiger partial charge in [-0.3, -0.25) is 9.48 Å². The fourth-order valence-electron chi connectivity index (χ4n) is 2.61. The Labute approximate surface area is 118 Å². The average Bonchev–Trinajstić information content (AvgIpc) is 3.04. The number of fused-ring (bicyclic) bond motifs is 1. The first-order valence-corrected chi connectivity index (χ1v) is 7.10. The maximum absolute atomic E-state index is 12.3. The van der Waals surface area contributed by atoms with Crippen LogP contribution >= 0.6 is 0 Å². The molecule has 3 heterocycles. The Morgan fingerprint density at radius 1 is 1.45 bits per heavy atom. The molecule has 1 N–H and O–H groups in total. The molecule has 0 bridgehead atoms. The molecule has 2 aromatic rings. The molecular formula is C15H19N3O2. The van der Waals surface area contributed by atoms with Gasteiger partial charge in [0.15, 0.2) is 11.6 Å². The molecule has 0 radical (unpaired) electrons. The quantitative estimate of drug-likeness (QED) is 0.934. The molecule has 0 unspecified atom stereocenters. The zero-order valence-corrected chi connectivity index (χ0v) is 11.8. The van der Waals surface area contributed by atoms with Crippen molar-refractivity contribution in [3.8, 4) is 0 Å². The molecule has 5 heteroatoms. The van der Waals surface area contributed by atoms with E-state index in [9.17, 15) is 4.79 Å². The third kappa shape index (κ3) is 2.35. The number of nitrogens with zero attached hydrogens (tertiary/aromatic N) is 2. The molecule has 0 atom stereocenters.